The van der Waals surface area contributed by atoms with Gasteiger partial charge in [-0.1, -0.05) is 93.6 Å². The number of carbonyl (C=O) groups excluding carboxylic acids is 7. The Hall–Kier alpha value is -3.36. The molecule has 60 heavy (non-hydrogen) atoms. The largest absolute Gasteiger partial charge is 0.354 e. The quantitative estimate of drug-likeness (QED) is 0.0925. The van der Waals surface area contributed by atoms with Crippen molar-refractivity contribution in [3.8, 4) is 0 Å². The lowest BCUT2D eigenvalue weighted by Gasteiger charge is -2.28. The van der Waals surface area contributed by atoms with Gasteiger partial charge in [0.25, 0.3) is 0 Å². The standard InChI is InChI=1S/C38H68N11O7P3.CH4/c1-22(2)19-29-32(50)40-15-11-25(39-5)33(51)44-27(13-17-42-58)36(54)48-30(20-23(3)4)37(55)49-31(21-24-9-7-6-8-10-24)38(56)46-26(12-16-41-57)34(52)45-28(14-18-43-59)35(53)47-29;/h6-10,22-23,25-31,39,41-43H,11-21,57-59H2,1-5H3,(H,40,50)(H,44,51)(H,45,52)(H,46,56)(H,47,53)(H,48,54)(H,49,55);1H4. The molecule has 0 bridgehead atoms. The van der Waals surface area contributed by atoms with E-state index in [4.69, 9.17) is 0 Å². The Morgan fingerprint density at radius 3 is 1.33 bits per heavy atom. The van der Waals surface area contributed by atoms with E-state index in [0.29, 0.717) is 26.1 Å². The Labute approximate surface area is 363 Å². The molecular weight excluding hydrogens is 827 g/mol. The van der Waals surface area contributed by atoms with E-state index in [2.05, 4.69) is 86.0 Å². The lowest BCUT2D eigenvalue weighted by Crippen LogP contribution is -2.60. The van der Waals surface area contributed by atoms with Gasteiger partial charge in [0, 0.05) is 32.6 Å². The molecule has 1 saturated heterocycles. The van der Waals surface area contributed by atoms with Gasteiger partial charge in [0.05, 0.1) is 6.04 Å². The van der Waals surface area contributed by atoms with Gasteiger partial charge in [0.2, 0.25) is 41.4 Å². The molecule has 7 amide bonds. The summed E-state index contributed by atoms with van der Waals surface area (Å²) in [7, 11) is 8.64. The molecule has 18 nitrogen and oxygen atoms in total. The summed E-state index contributed by atoms with van der Waals surface area (Å²) in [6.07, 6.45) is 1.19. The molecule has 0 aromatic heterocycles. The van der Waals surface area contributed by atoms with Gasteiger partial charge in [-0.2, -0.15) is 0 Å². The topological polar surface area (TPSA) is 252 Å². The molecule has 21 heteroatoms. The maximum atomic E-state index is 14.2. The molecule has 0 spiro atoms. The Kier molecular flexibility index (Phi) is 27.2. The van der Waals surface area contributed by atoms with Gasteiger partial charge in [0.15, 0.2) is 0 Å². The molecule has 340 valence electrons. The molecule has 1 fully saturated rings. The van der Waals surface area contributed by atoms with Crippen LogP contribution in [-0.2, 0) is 40.0 Å². The van der Waals surface area contributed by atoms with Crippen molar-refractivity contribution in [3.63, 3.8) is 0 Å². The number of carbonyl (C=O) groups is 7. The van der Waals surface area contributed by atoms with Crippen LogP contribution in [0.15, 0.2) is 30.3 Å². The molecule has 1 aromatic carbocycles. The van der Waals surface area contributed by atoms with Crippen LogP contribution in [0.4, 0.5) is 0 Å². The van der Waals surface area contributed by atoms with Crippen molar-refractivity contribution >= 4 is 69.5 Å². The first-order valence-corrected chi connectivity index (χ1v) is 22.0. The second kappa shape index (κ2) is 29.8. The third-order valence-electron chi connectivity index (χ3n) is 9.62. The predicted octanol–water partition coefficient (Wildman–Crippen LogP) is -0.716. The summed E-state index contributed by atoms with van der Waals surface area (Å²) in [5.41, 5.74) is 0.732. The van der Waals surface area contributed by atoms with Crippen LogP contribution in [0, 0.1) is 11.8 Å². The normalized spacial score (nSPS) is 24.6. The van der Waals surface area contributed by atoms with Gasteiger partial charge in [-0.15, -0.1) is 0 Å². The van der Waals surface area contributed by atoms with E-state index in [1.165, 1.54) is 0 Å². The lowest BCUT2D eigenvalue weighted by atomic mass is 10.00. The van der Waals surface area contributed by atoms with Crippen molar-refractivity contribution in [3.05, 3.63) is 35.9 Å². The summed E-state index contributed by atoms with van der Waals surface area (Å²) in [6.45, 7) is 8.61. The van der Waals surface area contributed by atoms with Crippen molar-refractivity contribution in [2.75, 3.05) is 33.2 Å². The molecule has 0 radical (unpaired) electrons. The number of hydrogen-bond donors (Lipinski definition) is 11. The molecule has 1 aliphatic heterocycles. The summed E-state index contributed by atoms with van der Waals surface area (Å²) in [4.78, 5) is 97.2. The predicted molar refractivity (Wildman–Crippen MR) is 245 cm³/mol. The monoisotopic (exact) mass is 899 g/mol. The minimum atomic E-state index is -1.18. The number of nitrogens with one attached hydrogen (secondary N) is 11. The van der Waals surface area contributed by atoms with E-state index in [1.54, 1.807) is 31.3 Å². The highest BCUT2D eigenvalue weighted by Gasteiger charge is 2.34. The second-order valence-corrected chi connectivity index (χ2v) is 16.7. The molecule has 11 N–H and O–H groups in total. The first-order chi connectivity index (χ1) is 28.1. The van der Waals surface area contributed by atoms with E-state index in [1.807, 2.05) is 33.8 Å². The number of hydrogen-bond acceptors (Lipinski definition) is 11. The Balaban J connectivity index is 0.0000180. The van der Waals surface area contributed by atoms with Gasteiger partial charge in [-0.3, -0.25) is 33.6 Å². The Morgan fingerprint density at radius 1 is 0.550 bits per heavy atom. The molecule has 1 aliphatic rings. The van der Waals surface area contributed by atoms with Gasteiger partial charge in [-0.25, -0.2) is 0 Å². The number of rotatable bonds is 16. The van der Waals surface area contributed by atoms with Gasteiger partial charge >= 0.3 is 0 Å². The maximum Gasteiger partial charge on any atom is 0.243 e. The third-order valence-corrected chi connectivity index (χ3v) is 10.5. The molecule has 1 aromatic rings. The van der Waals surface area contributed by atoms with Gasteiger partial charge in [-0.05, 0) is 63.0 Å². The van der Waals surface area contributed by atoms with E-state index in [-0.39, 0.29) is 64.3 Å². The molecule has 0 saturated carbocycles. The van der Waals surface area contributed by atoms with E-state index >= 15 is 0 Å². The van der Waals surface area contributed by atoms with Crippen molar-refractivity contribution < 1.29 is 33.6 Å². The van der Waals surface area contributed by atoms with Crippen LogP contribution < -0.4 is 57.8 Å². The fraction of sp³-hybridized carbons (Fsp3) is 0.667. The van der Waals surface area contributed by atoms with Crippen LogP contribution in [0.2, 0.25) is 0 Å². The third kappa shape index (κ3) is 20.0. The first-order valence-electron chi connectivity index (χ1n) is 20.2. The smallest absolute Gasteiger partial charge is 0.243 e. The van der Waals surface area contributed by atoms with Crippen LogP contribution in [0.25, 0.3) is 0 Å². The Bertz CT molecular complexity index is 1510. The minimum Gasteiger partial charge on any atom is -0.354 e. The van der Waals surface area contributed by atoms with Crippen molar-refractivity contribution in [2.24, 2.45) is 11.8 Å². The molecular formula is C39H72N11O7P3. The first kappa shape index (κ1) is 54.7. The van der Waals surface area contributed by atoms with Crippen molar-refractivity contribution in [1.82, 2.24) is 57.8 Å². The SMILES string of the molecule is C.CNC1CCNC(=O)C(CC(C)C)NC(=O)C(CCNP)NC(=O)C(CCNP)NC(=O)C(Cc2ccccc2)NC(=O)C(CC(C)C)NC(=O)C(CCNP)NC1=O. The van der Waals surface area contributed by atoms with E-state index < -0.39 is 83.6 Å². The molecule has 2 rings (SSSR count). The number of benzene rings is 1. The lowest BCUT2D eigenvalue weighted by molar-refractivity contribution is -0.135. The summed E-state index contributed by atoms with van der Waals surface area (Å²) < 4.78 is 0. The zero-order valence-corrected chi connectivity index (χ0v) is 38.4. The highest BCUT2D eigenvalue weighted by Crippen LogP contribution is 2.11. The van der Waals surface area contributed by atoms with Crippen LogP contribution >= 0.6 is 28.2 Å². The molecule has 1 heterocycles. The van der Waals surface area contributed by atoms with Gasteiger partial charge < -0.3 is 57.8 Å². The zero-order valence-electron chi connectivity index (χ0n) is 35.0. The summed E-state index contributed by atoms with van der Waals surface area (Å²) in [6, 6.07) is 1.74. The highest BCUT2D eigenvalue weighted by atomic mass is 31.0. The molecule has 0 aliphatic carbocycles. The second-order valence-electron chi connectivity index (χ2n) is 15.5. The van der Waals surface area contributed by atoms with E-state index in [0.717, 1.165) is 5.56 Å². The molecule has 10 atom stereocenters. The van der Waals surface area contributed by atoms with Crippen LogP contribution in [-0.4, -0.2) is 117 Å². The summed E-state index contributed by atoms with van der Waals surface area (Å²) in [5.74, 6) is -4.10. The Morgan fingerprint density at radius 2 is 0.917 bits per heavy atom. The van der Waals surface area contributed by atoms with Crippen LogP contribution in [0.5, 0.6) is 0 Å². The fourth-order valence-corrected chi connectivity index (χ4v) is 6.96. The fourth-order valence-electron chi connectivity index (χ4n) is 6.46. The minimum absolute atomic E-state index is 0. The van der Waals surface area contributed by atoms with E-state index in [9.17, 15) is 33.6 Å². The maximum absolute atomic E-state index is 14.2. The average Bonchev–Trinajstić information content (AvgIpc) is 3.19. The van der Waals surface area contributed by atoms with Crippen LogP contribution in [0.1, 0.15) is 79.2 Å². The van der Waals surface area contributed by atoms with Crippen molar-refractivity contribution in [1.29, 1.82) is 0 Å². The summed E-state index contributed by atoms with van der Waals surface area (Å²) >= 11 is 0. The van der Waals surface area contributed by atoms with Crippen LogP contribution in [0.3, 0.4) is 0 Å². The van der Waals surface area contributed by atoms with Crippen molar-refractivity contribution in [2.45, 2.75) is 122 Å². The average molecular weight is 900 g/mol. The number of amides is 7. The molecule has 10 unspecified atom stereocenters. The zero-order chi connectivity index (χ0) is 43.9. The number of likely N-dealkylation sites (N-methyl/N-ethyl adjacent to an activating group) is 1. The highest BCUT2D eigenvalue weighted by molar-refractivity contribution is 7.14. The van der Waals surface area contributed by atoms with Gasteiger partial charge in [0.1, 0.15) is 36.3 Å². The summed E-state index contributed by atoms with van der Waals surface area (Å²) in [5, 5.41) is 31.3.